The minimum absolute atomic E-state index is 0.0209. The molecule has 0 aliphatic heterocycles. The maximum atomic E-state index is 13.0. The maximum Gasteiger partial charge on any atom is 0.322 e. The van der Waals surface area contributed by atoms with E-state index in [1.807, 2.05) is 0 Å². The molecule has 0 atom stereocenters. The van der Waals surface area contributed by atoms with Crippen LogP contribution in [0.3, 0.4) is 0 Å². The summed E-state index contributed by atoms with van der Waals surface area (Å²) in [6.45, 7) is 0. The summed E-state index contributed by atoms with van der Waals surface area (Å²) in [5.74, 6) is -1.89. The lowest BCUT2D eigenvalue weighted by Crippen LogP contribution is -2.05. The quantitative estimate of drug-likeness (QED) is 0.861. The van der Waals surface area contributed by atoms with Gasteiger partial charge in [-0.1, -0.05) is 0 Å². The third kappa shape index (κ3) is 2.59. The number of rotatable bonds is 3. The highest BCUT2D eigenvalue weighted by atomic mass is 19.2. The molecule has 0 aliphatic carbocycles. The fourth-order valence-electron chi connectivity index (χ4n) is 1.22. The van der Waals surface area contributed by atoms with Crippen LogP contribution in [-0.2, 0) is 0 Å². The molecule has 0 saturated heterocycles. The molecule has 8 heteroatoms. The molecule has 0 amide bonds. The van der Waals surface area contributed by atoms with Crippen molar-refractivity contribution in [3.05, 3.63) is 29.8 Å². The van der Waals surface area contributed by atoms with Crippen molar-refractivity contribution < 1.29 is 13.5 Å². The number of nitrogen functional groups attached to an aromatic ring is 1. The Balaban J connectivity index is 2.27. The van der Waals surface area contributed by atoms with Crippen LogP contribution in [0, 0.1) is 11.6 Å². The topological polar surface area (TPSA) is 86.0 Å². The molecule has 3 N–H and O–H groups in total. The van der Waals surface area contributed by atoms with Crippen molar-refractivity contribution in [2.75, 3.05) is 18.2 Å². The molecule has 0 fully saturated rings. The first-order valence-corrected chi connectivity index (χ1v) is 4.86. The van der Waals surface area contributed by atoms with E-state index in [1.54, 1.807) is 0 Å². The van der Waals surface area contributed by atoms with Gasteiger partial charge in [0.15, 0.2) is 11.6 Å². The zero-order chi connectivity index (χ0) is 13.1. The number of hydrogen-bond acceptors (Lipinski definition) is 6. The third-order valence-corrected chi connectivity index (χ3v) is 1.99. The van der Waals surface area contributed by atoms with Gasteiger partial charge in [0.1, 0.15) is 0 Å². The number of nitrogens with one attached hydrogen (secondary N) is 1. The molecule has 0 unspecified atom stereocenters. The highest BCUT2D eigenvalue weighted by molar-refractivity contribution is 5.54. The number of aromatic nitrogens is 3. The summed E-state index contributed by atoms with van der Waals surface area (Å²) < 4.78 is 30.5. The number of halogens is 2. The van der Waals surface area contributed by atoms with E-state index in [9.17, 15) is 8.78 Å². The summed E-state index contributed by atoms with van der Waals surface area (Å²) in [5, 5.41) is 2.66. The lowest BCUT2D eigenvalue weighted by Gasteiger charge is -2.06. The Morgan fingerprint density at radius 2 is 1.94 bits per heavy atom. The van der Waals surface area contributed by atoms with E-state index in [0.717, 1.165) is 12.1 Å². The molecule has 2 aromatic rings. The lowest BCUT2D eigenvalue weighted by molar-refractivity contribution is 0.380. The van der Waals surface area contributed by atoms with Crippen LogP contribution < -0.4 is 15.8 Å². The third-order valence-electron chi connectivity index (χ3n) is 1.99. The normalized spacial score (nSPS) is 10.2. The van der Waals surface area contributed by atoms with Gasteiger partial charge in [0.25, 0.3) is 0 Å². The number of hydrogen-bond donors (Lipinski definition) is 2. The number of nitrogens with two attached hydrogens (primary N) is 1. The molecule has 0 aliphatic rings. The first-order chi connectivity index (χ1) is 8.58. The monoisotopic (exact) mass is 253 g/mol. The molecule has 18 heavy (non-hydrogen) atoms. The predicted octanol–water partition coefficient (Wildman–Crippen LogP) is 1.48. The van der Waals surface area contributed by atoms with Crippen LogP contribution in [0.25, 0.3) is 0 Å². The van der Waals surface area contributed by atoms with Crippen molar-refractivity contribution in [2.24, 2.45) is 0 Å². The Kier molecular flexibility index (Phi) is 3.18. The van der Waals surface area contributed by atoms with Gasteiger partial charge in [-0.3, -0.25) is 0 Å². The summed E-state index contributed by atoms with van der Waals surface area (Å²) in [6, 6.07) is 3.32. The minimum atomic E-state index is -0.978. The van der Waals surface area contributed by atoms with Crippen LogP contribution in [-0.4, -0.2) is 22.1 Å². The van der Waals surface area contributed by atoms with Crippen LogP contribution >= 0.6 is 0 Å². The predicted molar refractivity (Wildman–Crippen MR) is 60.4 cm³/mol. The molecular weight excluding hydrogens is 244 g/mol. The van der Waals surface area contributed by atoms with E-state index in [2.05, 4.69) is 20.3 Å². The van der Waals surface area contributed by atoms with Gasteiger partial charge in [-0.05, 0) is 12.1 Å². The molecule has 2 rings (SSSR count). The largest absolute Gasteiger partial charge is 0.467 e. The molecule has 0 spiro atoms. The molecule has 0 bridgehead atoms. The van der Waals surface area contributed by atoms with Gasteiger partial charge < -0.3 is 15.8 Å². The average Bonchev–Trinajstić information content (AvgIpc) is 2.33. The van der Waals surface area contributed by atoms with Gasteiger partial charge in [0, 0.05) is 11.8 Å². The number of benzene rings is 1. The molecule has 1 aromatic carbocycles. The number of nitrogens with zero attached hydrogens (tertiary/aromatic N) is 3. The molecule has 6 nitrogen and oxygen atoms in total. The van der Waals surface area contributed by atoms with Gasteiger partial charge >= 0.3 is 6.01 Å². The number of ether oxygens (including phenoxy) is 1. The second-order valence-corrected chi connectivity index (χ2v) is 3.26. The van der Waals surface area contributed by atoms with Crippen LogP contribution in [0.1, 0.15) is 0 Å². The zero-order valence-corrected chi connectivity index (χ0v) is 9.32. The molecular formula is C10H9F2N5O. The van der Waals surface area contributed by atoms with Crippen LogP contribution in [0.15, 0.2) is 18.2 Å². The highest BCUT2D eigenvalue weighted by Gasteiger charge is 2.07. The van der Waals surface area contributed by atoms with E-state index < -0.39 is 11.6 Å². The van der Waals surface area contributed by atoms with E-state index >= 15 is 0 Å². The highest BCUT2D eigenvalue weighted by Crippen LogP contribution is 2.17. The summed E-state index contributed by atoms with van der Waals surface area (Å²) in [7, 11) is 1.37. The zero-order valence-electron chi connectivity index (χ0n) is 9.32. The fourth-order valence-corrected chi connectivity index (χ4v) is 1.22. The van der Waals surface area contributed by atoms with Crippen molar-refractivity contribution in [1.82, 2.24) is 15.0 Å². The second kappa shape index (κ2) is 4.78. The lowest BCUT2D eigenvalue weighted by atomic mass is 10.3. The Labute approximate surface area is 101 Å². The van der Waals surface area contributed by atoms with Crippen molar-refractivity contribution in [1.29, 1.82) is 0 Å². The molecule has 1 heterocycles. The number of anilines is 3. The summed E-state index contributed by atoms with van der Waals surface area (Å²) >= 11 is 0. The molecule has 0 saturated carbocycles. The van der Waals surface area contributed by atoms with Crippen LogP contribution in [0.5, 0.6) is 6.01 Å². The standard InChI is InChI=1S/C10H9F2N5O/c1-18-10-16-8(13)15-9(17-10)14-5-2-3-6(11)7(12)4-5/h2-4H,1H3,(H3,13,14,15,16,17). The Morgan fingerprint density at radius 1 is 1.17 bits per heavy atom. The summed E-state index contributed by atoms with van der Waals surface area (Å²) in [4.78, 5) is 11.3. The van der Waals surface area contributed by atoms with Crippen molar-refractivity contribution in [2.45, 2.75) is 0 Å². The first kappa shape index (κ1) is 12.0. The Hall–Kier alpha value is -2.51. The van der Waals surface area contributed by atoms with E-state index in [4.69, 9.17) is 10.5 Å². The number of methoxy groups -OCH3 is 1. The summed E-state index contributed by atoms with van der Waals surface area (Å²) in [6.07, 6.45) is 0. The maximum absolute atomic E-state index is 13.0. The average molecular weight is 253 g/mol. The first-order valence-electron chi connectivity index (χ1n) is 4.86. The molecule has 94 valence electrons. The van der Waals surface area contributed by atoms with Crippen molar-refractivity contribution >= 4 is 17.6 Å². The van der Waals surface area contributed by atoms with Gasteiger partial charge in [0.2, 0.25) is 11.9 Å². The van der Waals surface area contributed by atoms with Crippen LogP contribution in [0.2, 0.25) is 0 Å². The molecule has 1 aromatic heterocycles. The SMILES string of the molecule is COc1nc(N)nc(Nc2ccc(F)c(F)c2)n1. The Morgan fingerprint density at radius 3 is 2.61 bits per heavy atom. The van der Waals surface area contributed by atoms with E-state index in [-0.39, 0.29) is 23.6 Å². The van der Waals surface area contributed by atoms with Gasteiger partial charge in [0.05, 0.1) is 7.11 Å². The fraction of sp³-hybridized carbons (Fsp3) is 0.100. The molecule has 0 radical (unpaired) electrons. The van der Waals surface area contributed by atoms with Gasteiger partial charge in [-0.25, -0.2) is 8.78 Å². The van der Waals surface area contributed by atoms with E-state index in [0.29, 0.717) is 0 Å². The van der Waals surface area contributed by atoms with Gasteiger partial charge in [-0.15, -0.1) is 0 Å². The Bertz CT molecular complexity index is 578. The minimum Gasteiger partial charge on any atom is -0.467 e. The van der Waals surface area contributed by atoms with Crippen LogP contribution in [0.4, 0.5) is 26.4 Å². The van der Waals surface area contributed by atoms with Crippen molar-refractivity contribution in [3.8, 4) is 6.01 Å². The van der Waals surface area contributed by atoms with Gasteiger partial charge in [-0.2, -0.15) is 15.0 Å². The second-order valence-electron chi connectivity index (χ2n) is 3.26. The van der Waals surface area contributed by atoms with E-state index in [1.165, 1.54) is 13.2 Å². The van der Waals surface area contributed by atoms with Crippen molar-refractivity contribution in [3.63, 3.8) is 0 Å². The smallest absolute Gasteiger partial charge is 0.322 e. The summed E-state index contributed by atoms with van der Waals surface area (Å²) in [5.41, 5.74) is 5.71.